The van der Waals surface area contributed by atoms with Crippen molar-refractivity contribution in [1.82, 2.24) is 9.80 Å². The van der Waals surface area contributed by atoms with Crippen LogP contribution in [0.4, 0.5) is 4.79 Å². The van der Waals surface area contributed by atoms with Gasteiger partial charge in [0, 0.05) is 7.05 Å². The van der Waals surface area contributed by atoms with Gasteiger partial charge in [-0.15, -0.1) is 0 Å². The Labute approximate surface area is 169 Å². The number of Topliss-reactive ketones (excluding diaryl/α,β-unsaturated/α-hetero) is 1. The van der Waals surface area contributed by atoms with Crippen LogP contribution < -0.4 is 4.74 Å². The van der Waals surface area contributed by atoms with Crippen LogP contribution in [0.3, 0.4) is 0 Å². The van der Waals surface area contributed by atoms with Gasteiger partial charge in [0.05, 0.1) is 18.2 Å². The maximum atomic E-state index is 12.3. The molecule has 1 aliphatic heterocycles. The average Bonchev–Trinajstić information content (AvgIpc) is 2.87. The summed E-state index contributed by atoms with van der Waals surface area (Å²) in [6, 6.07) is 16.1. The van der Waals surface area contributed by atoms with Gasteiger partial charge in [-0.1, -0.05) is 24.3 Å². The molecule has 3 rings (SSSR count). The number of nitriles is 1. The monoisotopic (exact) mass is 391 g/mol. The van der Waals surface area contributed by atoms with Gasteiger partial charge in [0.2, 0.25) is 0 Å². The summed E-state index contributed by atoms with van der Waals surface area (Å²) in [4.78, 5) is 38.8. The third-order valence-electron chi connectivity index (χ3n) is 4.96. The zero-order valence-corrected chi connectivity index (χ0v) is 16.5. The number of benzene rings is 2. The number of hydrogen-bond acceptors (Lipinski definition) is 5. The van der Waals surface area contributed by atoms with E-state index in [1.807, 2.05) is 24.3 Å². The van der Waals surface area contributed by atoms with Crippen LogP contribution in [0.25, 0.3) is 11.1 Å². The largest absolute Gasteiger partial charge is 0.486 e. The maximum Gasteiger partial charge on any atom is 0.327 e. The summed E-state index contributed by atoms with van der Waals surface area (Å²) in [5.74, 6) is -0.115. The Balaban J connectivity index is 1.58. The first-order valence-corrected chi connectivity index (χ1v) is 9.09. The highest BCUT2D eigenvalue weighted by Crippen LogP contribution is 2.26. The highest BCUT2D eigenvalue weighted by molar-refractivity contribution is 6.07. The predicted octanol–water partition coefficient (Wildman–Crippen LogP) is 2.85. The predicted molar refractivity (Wildman–Crippen MR) is 106 cm³/mol. The van der Waals surface area contributed by atoms with Crippen LogP contribution in [-0.2, 0) is 9.59 Å². The average molecular weight is 391 g/mol. The standard InChI is InChI=1S/C22H21N3O4/c1-22(2)20(27)24(3)21(28)25(22)13-18(26)14-29-19-10-8-17(9-11-19)16-6-4-15(12-23)5-7-16/h4-11H,13-14H2,1-3H3. The minimum atomic E-state index is -1.05. The summed E-state index contributed by atoms with van der Waals surface area (Å²) in [5, 5.41) is 8.86. The number of nitrogens with zero attached hydrogens (tertiary/aromatic N) is 3. The number of urea groups is 1. The highest BCUT2D eigenvalue weighted by Gasteiger charge is 2.49. The summed E-state index contributed by atoms with van der Waals surface area (Å²) in [5.41, 5.74) is 1.47. The Morgan fingerprint density at radius 1 is 1.03 bits per heavy atom. The number of likely N-dealkylation sites (N-methyl/N-ethyl adjacent to an activating group) is 1. The summed E-state index contributed by atoms with van der Waals surface area (Å²) in [6.45, 7) is 2.85. The molecule has 7 heteroatoms. The van der Waals surface area contributed by atoms with Gasteiger partial charge < -0.3 is 9.64 Å². The molecule has 148 valence electrons. The summed E-state index contributed by atoms with van der Waals surface area (Å²) in [7, 11) is 1.41. The van der Waals surface area contributed by atoms with Crippen molar-refractivity contribution in [3.05, 3.63) is 54.1 Å². The van der Waals surface area contributed by atoms with E-state index in [0.717, 1.165) is 16.0 Å². The number of hydrogen-bond donors (Lipinski definition) is 0. The number of ether oxygens (including phenoxy) is 1. The van der Waals surface area contributed by atoms with Gasteiger partial charge in [0.25, 0.3) is 5.91 Å². The fourth-order valence-electron chi connectivity index (χ4n) is 3.16. The van der Waals surface area contributed by atoms with Crippen LogP contribution in [0.5, 0.6) is 5.75 Å². The molecule has 1 saturated heterocycles. The number of carbonyl (C=O) groups excluding carboxylic acids is 3. The van der Waals surface area contributed by atoms with Crippen molar-refractivity contribution in [2.75, 3.05) is 20.2 Å². The molecule has 1 heterocycles. The molecule has 7 nitrogen and oxygen atoms in total. The van der Waals surface area contributed by atoms with Crippen molar-refractivity contribution in [1.29, 1.82) is 5.26 Å². The van der Waals surface area contributed by atoms with E-state index in [4.69, 9.17) is 10.00 Å². The van der Waals surface area contributed by atoms with E-state index in [-0.39, 0.29) is 24.8 Å². The van der Waals surface area contributed by atoms with Crippen molar-refractivity contribution in [2.45, 2.75) is 19.4 Å². The van der Waals surface area contributed by atoms with Gasteiger partial charge in [0.15, 0.2) is 5.78 Å². The van der Waals surface area contributed by atoms with Gasteiger partial charge >= 0.3 is 6.03 Å². The van der Waals surface area contributed by atoms with E-state index in [9.17, 15) is 14.4 Å². The molecular formula is C22H21N3O4. The molecule has 0 unspecified atom stereocenters. The highest BCUT2D eigenvalue weighted by atomic mass is 16.5. The second kappa shape index (κ2) is 7.76. The first-order chi connectivity index (χ1) is 13.7. The SMILES string of the molecule is CN1C(=O)N(CC(=O)COc2ccc(-c3ccc(C#N)cc3)cc2)C(C)(C)C1=O. The number of rotatable bonds is 6. The third kappa shape index (κ3) is 3.97. The van der Waals surface area contributed by atoms with Gasteiger partial charge in [-0.25, -0.2) is 4.79 Å². The second-order valence-electron chi connectivity index (χ2n) is 7.33. The first kappa shape index (κ1) is 20.1. The van der Waals surface area contributed by atoms with E-state index in [2.05, 4.69) is 6.07 Å². The summed E-state index contributed by atoms with van der Waals surface area (Å²) in [6.07, 6.45) is 0. The molecule has 1 fully saturated rings. The van der Waals surface area contributed by atoms with Gasteiger partial charge in [-0.3, -0.25) is 14.5 Å². The Hall–Kier alpha value is -3.66. The van der Waals surface area contributed by atoms with Crippen LogP contribution in [-0.4, -0.2) is 53.3 Å². The third-order valence-corrected chi connectivity index (χ3v) is 4.96. The molecule has 0 spiro atoms. The smallest absolute Gasteiger partial charge is 0.327 e. The molecule has 3 amide bonds. The lowest BCUT2D eigenvalue weighted by Crippen LogP contribution is -2.47. The van der Waals surface area contributed by atoms with Gasteiger partial charge in [-0.05, 0) is 49.2 Å². The molecule has 1 aliphatic rings. The molecule has 0 radical (unpaired) electrons. The Bertz CT molecular complexity index is 988. The van der Waals surface area contributed by atoms with E-state index >= 15 is 0 Å². The minimum absolute atomic E-state index is 0.189. The first-order valence-electron chi connectivity index (χ1n) is 9.09. The lowest BCUT2D eigenvalue weighted by atomic mass is 10.0. The molecule has 2 aromatic rings. The van der Waals surface area contributed by atoms with Crippen molar-refractivity contribution in [3.8, 4) is 22.9 Å². The molecule has 29 heavy (non-hydrogen) atoms. The summed E-state index contributed by atoms with van der Waals surface area (Å²) < 4.78 is 5.53. The van der Waals surface area contributed by atoms with Crippen molar-refractivity contribution in [3.63, 3.8) is 0 Å². The Morgan fingerprint density at radius 2 is 1.59 bits per heavy atom. The van der Waals surface area contributed by atoms with Crippen LogP contribution in [0.1, 0.15) is 19.4 Å². The van der Waals surface area contributed by atoms with E-state index in [1.165, 1.54) is 11.9 Å². The molecular weight excluding hydrogens is 370 g/mol. The molecule has 0 saturated carbocycles. The Kier molecular flexibility index (Phi) is 5.37. The number of carbonyl (C=O) groups is 3. The lowest BCUT2D eigenvalue weighted by Gasteiger charge is -2.27. The zero-order valence-electron chi connectivity index (χ0n) is 16.5. The number of amides is 3. The molecule has 0 bridgehead atoms. The summed E-state index contributed by atoms with van der Waals surface area (Å²) >= 11 is 0. The second-order valence-corrected chi connectivity index (χ2v) is 7.33. The molecule has 0 aromatic heterocycles. The number of imide groups is 1. The fraction of sp³-hybridized carbons (Fsp3) is 0.273. The Morgan fingerprint density at radius 3 is 2.07 bits per heavy atom. The van der Waals surface area contributed by atoms with E-state index < -0.39 is 11.6 Å². The van der Waals surface area contributed by atoms with Crippen LogP contribution in [0.15, 0.2) is 48.5 Å². The number of ketones is 1. The van der Waals surface area contributed by atoms with Crippen molar-refractivity contribution in [2.24, 2.45) is 0 Å². The zero-order chi connectivity index (χ0) is 21.2. The van der Waals surface area contributed by atoms with E-state index in [0.29, 0.717) is 11.3 Å². The van der Waals surface area contributed by atoms with Crippen LogP contribution in [0.2, 0.25) is 0 Å². The fourth-order valence-corrected chi connectivity index (χ4v) is 3.16. The molecule has 0 aliphatic carbocycles. The maximum absolute atomic E-state index is 12.3. The van der Waals surface area contributed by atoms with Crippen LogP contribution in [0, 0.1) is 11.3 Å². The topological polar surface area (TPSA) is 90.7 Å². The van der Waals surface area contributed by atoms with E-state index in [1.54, 1.807) is 38.1 Å². The van der Waals surface area contributed by atoms with Crippen LogP contribution >= 0.6 is 0 Å². The lowest BCUT2D eigenvalue weighted by molar-refractivity contribution is -0.131. The van der Waals surface area contributed by atoms with Crippen molar-refractivity contribution >= 4 is 17.7 Å². The molecule has 0 N–H and O–H groups in total. The van der Waals surface area contributed by atoms with Gasteiger partial charge in [0.1, 0.15) is 17.9 Å². The quantitative estimate of drug-likeness (QED) is 0.706. The van der Waals surface area contributed by atoms with Crippen molar-refractivity contribution < 1.29 is 19.1 Å². The molecule has 2 aromatic carbocycles. The normalized spacial score (nSPS) is 15.4. The van der Waals surface area contributed by atoms with Gasteiger partial charge in [-0.2, -0.15) is 5.26 Å². The minimum Gasteiger partial charge on any atom is -0.486 e. The molecule has 0 atom stereocenters.